The Morgan fingerprint density at radius 2 is 1.86 bits per heavy atom. The number of aryl methyl sites for hydroxylation is 1. The van der Waals surface area contributed by atoms with Gasteiger partial charge >= 0.3 is 6.18 Å². The Bertz CT molecular complexity index is 1030. The quantitative estimate of drug-likeness (QED) is 0.508. The van der Waals surface area contributed by atoms with Gasteiger partial charge in [0.1, 0.15) is 5.03 Å². The van der Waals surface area contributed by atoms with Crippen molar-refractivity contribution in [2.75, 3.05) is 11.1 Å². The molecule has 0 radical (unpaired) electrons. The first kappa shape index (κ1) is 21.1. The van der Waals surface area contributed by atoms with Gasteiger partial charge in [-0.2, -0.15) is 13.2 Å². The number of thioether (sulfide) groups is 1. The Morgan fingerprint density at radius 3 is 2.52 bits per heavy atom. The predicted molar refractivity (Wildman–Crippen MR) is 108 cm³/mol. The highest BCUT2D eigenvalue weighted by molar-refractivity contribution is 7.99. The van der Waals surface area contributed by atoms with Crippen LogP contribution in [0, 0.1) is 6.92 Å². The number of nitrogens with one attached hydrogen (secondary N) is 1. The zero-order chi connectivity index (χ0) is 21.0. The zero-order valence-corrected chi connectivity index (χ0v) is 16.7. The lowest BCUT2D eigenvalue weighted by Gasteiger charge is -2.11. The molecule has 29 heavy (non-hydrogen) atoms. The van der Waals surface area contributed by atoms with Crippen LogP contribution in [0.4, 0.5) is 18.9 Å². The second-order valence-corrected chi connectivity index (χ2v) is 7.50. The number of benzene rings is 2. The first-order chi connectivity index (χ1) is 13.7. The number of alkyl halides is 3. The van der Waals surface area contributed by atoms with E-state index in [0.29, 0.717) is 10.7 Å². The van der Waals surface area contributed by atoms with Crippen LogP contribution in [0.25, 0.3) is 11.3 Å². The third kappa shape index (κ3) is 5.48. The number of hydrogen-bond donors (Lipinski definition) is 1. The minimum absolute atomic E-state index is 0.0266. The van der Waals surface area contributed by atoms with Gasteiger partial charge in [0, 0.05) is 5.56 Å². The van der Waals surface area contributed by atoms with E-state index in [0.717, 1.165) is 41.1 Å². The number of rotatable bonds is 5. The van der Waals surface area contributed by atoms with Crippen molar-refractivity contribution in [2.24, 2.45) is 0 Å². The van der Waals surface area contributed by atoms with E-state index in [2.05, 4.69) is 15.5 Å². The van der Waals surface area contributed by atoms with Crippen molar-refractivity contribution < 1.29 is 18.0 Å². The van der Waals surface area contributed by atoms with Crippen LogP contribution in [0.2, 0.25) is 5.02 Å². The lowest BCUT2D eigenvalue weighted by atomic mass is 10.1. The smallest absolute Gasteiger partial charge is 0.324 e. The van der Waals surface area contributed by atoms with Gasteiger partial charge in [0.05, 0.1) is 27.7 Å². The average Bonchev–Trinajstić information content (AvgIpc) is 2.68. The second kappa shape index (κ2) is 8.84. The summed E-state index contributed by atoms with van der Waals surface area (Å²) in [4.78, 5) is 12.1. The van der Waals surface area contributed by atoms with E-state index in [-0.39, 0.29) is 16.5 Å². The van der Waals surface area contributed by atoms with E-state index < -0.39 is 17.6 Å². The van der Waals surface area contributed by atoms with Crippen LogP contribution in [0.1, 0.15) is 11.1 Å². The minimum Gasteiger partial charge on any atom is -0.324 e. The molecule has 1 aromatic heterocycles. The van der Waals surface area contributed by atoms with Crippen LogP contribution in [0.3, 0.4) is 0 Å². The third-order valence-electron chi connectivity index (χ3n) is 3.98. The van der Waals surface area contributed by atoms with Gasteiger partial charge in [-0.15, -0.1) is 10.2 Å². The molecule has 2 aromatic carbocycles. The van der Waals surface area contributed by atoms with Crippen molar-refractivity contribution in [2.45, 2.75) is 18.1 Å². The molecule has 0 atom stereocenters. The Labute approximate surface area is 174 Å². The fraction of sp³-hybridized carbons (Fsp3) is 0.150. The highest BCUT2D eigenvalue weighted by atomic mass is 35.5. The van der Waals surface area contributed by atoms with Crippen molar-refractivity contribution in [3.63, 3.8) is 0 Å². The lowest BCUT2D eigenvalue weighted by molar-refractivity contribution is -0.137. The number of aromatic nitrogens is 2. The number of carbonyl (C=O) groups excluding carboxylic acids is 1. The molecule has 0 fully saturated rings. The SMILES string of the molecule is Cc1ccccc1-c1ccc(SCC(=O)Nc2cc(C(F)(F)F)ccc2Cl)nn1. The summed E-state index contributed by atoms with van der Waals surface area (Å²) in [5.41, 5.74) is 1.77. The minimum atomic E-state index is -4.52. The van der Waals surface area contributed by atoms with E-state index in [9.17, 15) is 18.0 Å². The van der Waals surface area contributed by atoms with E-state index >= 15 is 0 Å². The predicted octanol–water partition coefficient (Wildman–Crippen LogP) is 5.86. The van der Waals surface area contributed by atoms with E-state index in [4.69, 9.17) is 11.6 Å². The standard InChI is InChI=1S/C20H15ClF3N3OS/c1-12-4-2-3-5-14(12)16-8-9-19(27-26-16)29-11-18(28)25-17-10-13(20(22,23)24)6-7-15(17)21/h2-10H,11H2,1H3,(H,25,28). The molecule has 0 saturated carbocycles. The highest BCUT2D eigenvalue weighted by Crippen LogP contribution is 2.34. The summed E-state index contributed by atoms with van der Waals surface area (Å²) in [5, 5.41) is 11.2. The molecule has 0 saturated heterocycles. The molecule has 0 aliphatic heterocycles. The van der Waals surface area contributed by atoms with Gasteiger partial charge in [-0.1, -0.05) is 47.6 Å². The van der Waals surface area contributed by atoms with Crippen LogP contribution in [0.15, 0.2) is 59.6 Å². The largest absolute Gasteiger partial charge is 0.416 e. The normalized spacial score (nSPS) is 11.3. The first-order valence-electron chi connectivity index (χ1n) is 8.43. The molecular formula is C20H15ClF3N3OS. The molecule has 3 rings (SSSR count). The molecule has 9 heteroatoms. The highest BCUT2D eigenvalue weighted by Gasteiger charge is 2.31. The molecule has 3 aromatic rings. The molecule has 0 aliphatic carbocycles. The molecule has 0 aliphatic rings. The Balaban J connectivity index is 1.62. The Hall–Kier alpha value is -2.58. The van der Waals surface area contributed by atoms with Crippen molar-refractivity contribution in [1.29, 1.82) is 0 Å². The monoisotopic (exact) mass is 437 g/mol. The van der Waals surface area contributed by atoms with Gasteiger partial charge in [0.25, 0.3) is 0 Å². The van der Waals surface area contributed by atoms with Crippen molar-refractivity contribution in [3.05, 3.63) is 70.7 Å². The zero-order valence-electron chi connectivity index (χ0n) is 15.1. The van der Waals surface area contributed by atoms with Gasteiger partial charge in [-0.25, -0.2) is 0 Å². The summed E-state index contributed by atoms with van der Waals surface area (Å²) < 4.78 is 38.4. The maximum Gasteiger partial charge on any atom is 0.416 e. The number of hydrogen-bond acceptors (Lipinski definition) is 4. The summed E-state index contributed by atoms with van der Waals surface area (Å²) in [6.07, 6.45) is -4.52. The summed E-state index contributed by atoms with van der Waals surface area (Å²) in [6.45, 7) is 1.98. The number of anilines is 1. The topological polar surface area (TPSA) is 54.9 Å². The number of nitrogens with zero attached hydrogens (tertiary/aromatic N) is 2. The van der Waals surface area contributed by atoms with Crippen LogP contribution in [-0.2, 0) is 11.0 Å². The second-order valence-electron chi connectivity index (χ2n) is 6.10. The molecule has 0 spiro atoms. The lowest BCUT2D eigenvalue weighted by Crippen LogP contribution is -2.15. The Morgan fingerprint density at radius 1 is 1.10 bits per heavy atom. The Kier molecular flexibility index (Phi) is 6.44. The van der Waals surface area contributed by atoms with Crippen LogP contribution in [-0.4, -0.2) is 21.9 Å². The summed E-state index contributed by atoms with van der Waals surface area (Å²) in [6, 6.07) is 14.1. The van der Waals surface area contributed by atoms with E-state index in [1.54, 1.807) is 12.1 Å². The van der Waals surface area contributed by atoms with Gasteiger partial charge in [-0.3, -0.25) is 4.79 Å². The average molecular weight is 438 g/mol. The van der Waals surface area contributed by atoms with Crippen molar-refractivity contribution in [1.82, 2.24) is 10.2 Å². The molecule has 0 unspecified atom stereocenters. The number of amides is 1. The number of halogens is 4. The molecule has 4 nitrogen and oxygen atoms in total. The van der Waals surface area contributed by atoms with Gasteiger partial charge in [-0.05, 0) is 42.8 Å². The van der Waals surface area contributed by atoms with Gasteiger partial charge in [0.15, 0.2) is 0 Å². The molecule has 150 valence electrons. The third-order valence-corrected chi connectivity index (χ3v) is 5.23. The fourth-order valence-corrected chi connectivity index (χ4v) is 3.30. The van der Waals surface area contributed by atoms with Gasteiger partial charge < -0.3 is 5.32 Å². The maximum atomic E-state index is 12.8. The first-order valence-corrected chi connectivity index (χ1v) is 9.79. The van der Waals surface area contributed by atoms with E-state index in [1.807, 2.05) is 31.2 Å². The molecule has 1 N–H and O–H groups in total. The van der Waals surface area contributed by atoms with Gasteiger partial charge in [0.2, 0.25) is 5.91 Å². The molecular weight excluding hydrogens is 423 g/mol. The number of carbonyl (C=O) groups is 1. The molecule has 0 bridgehead atoms. The summed E-state index contributed by atoms with van der Waals surface area (Å²) in [5.74, 6) is -0.550. The van der Waals surface area contributed by atoms with E-state index in [1.165, 1.54) is 0 Å². The maximum absolute atomic E-state index is 12.8. The van der Waals surface area contributed by atoms with Crippen molar-refractivity contribution >= 4 is 35.0 Å². The van der Waals surface area contributed by atoms with Crippen LogP contribution >= 0.6 is 23.4 Å². The van der Waals surface area contributed by atoms with Crippen LogP contribution in [0.5, 0.6) is 0 Å². The molecule has 1 amide bonds. The molecule has 1 heterocycles. The summed E-state index contributed by atoms with van der Waals surface area (Å²) in [7, 11) is 0. The fourth-order valence-electron chi connectivity index (χ4n) is 2.52. The van der Waals surface area contributed by atoms with Crippen LogP contribution < -0.4 is 5.32 Å². The van der Waals surface area contributed by atoms with Crippen molar-refractivity contribution in [3.8, 4) is 11.3 Å². The summed E-state index contributed by atoms with van der Waals surface area (Å²) >= 11 is 7.01.